The van der Waals surface area contributed by atoms with Crippen LogP contribution in [0.25, 0.3) is 0 Å². The van der Waals surface area contributed by atoms with E-state index in [1.54, 1.807) is 0 Å². The molecule has 2 aliphatic carbocycles. The van der Waals surface area contributed by atoms with Crippen LogP contribution in [0.1, 0.15) is 39.5 Å². The van der Waals surface area contributed by atoms with Gasteiger partial charge in [-0.3, -0.25) is 9.59 Å². The molecule has 3 atom stereocenters. The molecule has 0 spiro atoms. The van der Waals surface area contributed by atoms with E-state index in [1.807, 2.05) is 13.8 Å². The van der Waals surface area contributed by atoms with Crippen molar-refractivity contribution in [3.63, 3.8) is 0 Å². The minimum atomic E-state index is -0.777. The summed E-state index contributed by atoms with van der Waals surface area (Å²) in [5.74, 6) is -0.200. The van der Waals surface area contributed by atoms with Gasteiger partial charge in [-0.05, 0) is 24.2 Å². The van der Waals surface area contributed by atoms with E-state index < -0.39 is 5.97 Å². The minimum Gasteiger partial charge on any atom is -0.481 e. The summed E-state index contributed by atoms with van der Waals surface area (Å²) in [6, 6.07) is 0. The van der Waals surface area contributed by atoms with Crippen molar-refractivity contribution in [1.82, 2.24) is 0 Å². The number of carboxylic acids is 1. The Bertz CT molecular complexity index is 310. The quantitative estimate of drug-likeness (QED) is 0.733. The number of aliphatic carboxylic acids is 1. The molecule has 3 nitrogen and oxygen atoms in total. The monoisotopic (exact) mass is 196 g/mol. The highest BCUT2D eigenvalue weighted by atomic mass is 16.4. The third-order valence-electron chi connectivity index (χ3n) is 4.72. The van der Waals surface area contributed by atoms with Crippen molar-refractivity contribution in [2.24, 2.45) is 16.7 Å². The van der Waals surface area contributed by atoms with Crippen molar-refractivity contribution >= 4 is 11.8 Å². The minimum absolute atomic E-state index is 0.139. The summed E-state index contributed by atoms with van der Waals surface area (Å²) in [4.78, 5) is 22.6. The van der Waals surface area contributed by atoms with E-state index in [0.717, 1.165) is 12.8 Å². The van der Waals surface area contributed by atoms with E-state index in [-0.39, 0.29) is 23.0 Å². The van der Waals surface area contributed by atoms with Crippen LogP contribution in [0.15, 0.2) is 0 Å². The molecule has 2 aliphatic rings. The molecule has 0 unspecified atom stereocenters. The summed E-state index contributed by atoms with van der Waals surface area (Å²) >= 11 is 0. The number of fused-ring (bicyclic) bond motifs is 2. The summed E-state index contributed by atoms with van der Waals surface area (Å²) in [6.07, 6.45) is 2.63. The Labute approximate surface area is 83.5 Å². The predicted octanol–water partition coefficient (Wildman–Crippen LogP) is 1.86. The van der Waals surface area contributed by atoms with Gasteiger partial charge in [0.05, 0.1) is 6.42 Å². The van der Waals surface area contributed by atoms with Crippen molar-refractivity contribution in [1.29, 1.82) is 0 Å². The molecule has 3 heteroatoms. The molecule has 0 aromatic rings. The normalized spacial score (nSPS) is 45.9. The molecule has 0 amide bonds. The zero-order chi connectivity index (χ0) is 10.6. The Morgan fingerprint density at radius 2 is 2.21 bits per heavy atom. The highest BCUT2D eigenvalue weighted by Gasteiger charge is 2.64. The fraction of sp³-hybridized carbons (Fsp3) is 0.818. The van der Waals surface area contributed by atoms with Crippen LogP contribution in [0.3, 0.4) is 0 Å². The number of carbonyl (C=O) groups excluding carboxylic acids is 1. The third kappa shape index (κ3) is 0.928. The molecule has 0 aromatic carbocycles. The summed E-state index contributed by atoms with van der Waals surface area (Å²) in [7, 11) is 0. The van der Waals surface area contributed by atoms with Gasteiger partial charge < -0.3 is 5.11 Å². The van der Waals surface area contributed by atoms with Crippen LogP contribution in [0.4, 0.5) is 0 Å². The number of Topliss-reactive ketones (excluding diaryl/α,β-unsaturated/α-hetero) is 1. The van der Waals surface area contributed by atoms with Gasteiger partial charge in [0.1, 0.15) is 5.78 Å². The predicted molar refractivity (Wildman–Crippen MR) is 50.8 cm³/mol. The maximum atomic E-state index is 11.8. The lowest BCUT2D eigenvalue weighted by molar-refractivity contribution is -0.142. The van der Waals surface area contributed by atoms with Crippen molar-refractivity contribution in [2.75, 3.05) is 0 Å². The first kappa shape index (κ1) is 9.69. The van der Waals surface area contributed by atoms with Gasteiger partial charge in [0, 0.05) is 11.8 Å². The lowest BCUT2D eigenvalue weighted by atomic mass is 9.67. The lowest BCUT2D eigenvalue weighted by Gasteiger charge is -2.35. The second-order valence-corrected chi connectivity index (χ2v) is 5.18. The smallest absolute Gasteiger partial charge is 0.303 e. The SMILES string of the molecule is C[C@]12CC[C@H](CC1=O)[C@]2(C)CC(=O)O. The molecular formula is C11H16O3. The molecule has 0 heterocycles. The van der Waals surface area contributed by atoms with Crippen LogP contribution in [0.2, 0.25) is 0 Å². The van der Waals surface area contributed by atoms with E-state index in [4.69, 9.17) is 5.11 Å². The van der Waals surface area contributed by atoms with E-state index in [2.05, 4.69) is 0 Å². The Balaban J connectivity index is 2.36. The van der Waals surface area contributed by atoms with Gasteiger partial charge in [0.25, 0.3) is 0 Å². The van der Waals surface area contributed by atoms with Crippen LogP contribution in [-0.2, 0) is 9.59 Å². The summed E-state index contributed by atoms with van der Waals surface area (Å²) in [5.41, 5.74) is -0.661. The van der Waals surface area contributed by atoms with Crippen LogP contribution in [-0.4, -0.2) is 16.9 Å². The number of ketones is 1. The fourth-order valence-electron chi connectivity index (χ4n) is 3.41. The maximum Gasteiger partial charge on any atom is 0.303 e. The molecule has 1 N–H and O–H groups in total. The highest BCUT2D eigenvalue weighted by molar-refractivity contribution is 5.90. The number of carboxylic acid groups (broad SMARTS) is 1. The topological polar surface area (TPSA) is 54.4 Å². The van der Waals surface area contributed by atoms with Crippen LogP contribution in [0.5, 0.6) is 0 Å². The van der Waals surface area contributed by atoms with Crippen molar-refractivity contribution in [3.05, 3.63) is 0 Å². The van der Waals surface area contributed by atoms with Crippen LogP contribution in [0, 0.1) is 16.7 Å². The van der Waals surface area contributed by atoms with E-state index in [1.165, 1.54) is 0 Å². The van der Waals surface area contributed by atoms with Gasteiger partial charge >= 0.3 is 5.97 Å². The number of hydrogen-bond donors (Lipinski definition) is 1. The lowest BCUT2D eigenvalue weighted by Crippen LogP contribution is -2.36. The maximum absolute atomic E-state index is 11.8. The average Bonchev–Trinajstić information content (AvgIpc) is 2.37. The van der Waals surface area contributed by atoms with Crippen molar-refractivity contribution < 1.29 is 14.7 Å². The van der Waals surface area contributed by atoms with Gasteiger partial charge in [0.15, 0.2) is 0 Å². The number of rotatable bonds is 2. The van der Waals surface area contributed by atoms with Gasteiger partial charge in [-0.2, -0.15) is 0 Å². The molecule has 2 fully saturated rings. The summed E-state index contributed by atoms with van der Waals surface area (Å²) in [6.45, 7) is 3.93. The Hall–Kier alpha value is -0.860. The molecular weight excluding hydrogens is 180 g/mol. The molecule has 0 saturated heterocycles. The second-order valence-electron chi connectivity index (χ2n) is 5.18. The molecule has 0 aromatic heterocycles. The second kappa shape index (κ2) is 2.59. The van der Waals surface area contributed by atoms with Crippen LogP contribution < -0.4 is 0 Å². The third-order valence-corrected chi connectivity index (χ3v) is 4.72. The Morgan fingerprint density at radius 1 is 1.57 bits per heavy atom. The first-order chi connectivity index (χ1) is 6.40. The van der Waals surface area contributed by atoms with Gasteiger partial charge in [0.2, 0.25) is 0 Å². The first-order valence-corrected chi connectivity index (χ1v) is 5.15. The standard InChI is InChI=1S/C11H16O3/c1-10-4-3-7(5-8(10)12)11(10,2)6-9(13)14/h7H,3-6H2,1-2H3,(H,13,14)/t7-,10+,11+/m1/s1. The molecule has 0 aliphatic heterocycles. The molecule has 78 valence electrons. The Morgan fingerprint density at radius 3 is 2.57 bits per heavy atom. The zero-order valence-corrected chi connectivity index (χ0v) is 8.67. The van der Waals surface area contributed by atoms with E-state index >= 15 is 0 Å². The van der Waals surface area contributed by atoms with E-state index in [9.17, 15) is 9.59 Å². The number of carbonyl (C=O) groups is 2. The van der Waals surface area contributed by atoms with Crippen molar-refractivity contribution in [3.8, 4) is 0 Å². The van der Waals surface area contributed by atoms with Gasteiger partial charge in [-0.15, -0.1) is 0 Å². The summed E-state index contributed by atoms with van der Waals surface area (Å²) in [5, 5.41) is 8.89. The van der Waals surface area contributed by atoms with Crippen LogP contribution >= 0.6 is 0 Å². The molecule has 14 heavy (non-hydrogen) atoms. The fourth-order valence-corrected chi connectivity index (χ4v) is 3.41. The molecule has 2 bridgehead atoms. The first-order valence-electron chi connectivity index (χ1n) is 5.15. The van der Waals surface area contributed by atoms with Gasteiger partial charge in [-0.25, -0.2) is 0 Å². The largest absolute Gasteiger partial charge is 0.481 e. The zero-order valence-electron chi connectivity index (χ0n) is 8.67. The average molecular weight is 196 g/mol. The van der Waals surface area contributed by atoms with Gasteiger partial charge in [-0.1, -0.05) is 13.8 Å². The molecule has 0 radical (unpaired) electrons. The Kier molecular flexibility index (Phi) is 1.79. The van der Waals surface area contributed by atoms with E-state index in [0.29, 0.717) is 12.3 Å². The molecule has 2 saturated carbocycles. The number of hydrogen-bond acceptors (Lipinski definition) is 2. The van der Waals surface area contributed by atoms with Crippen molar-refractivity contribution in [2.45, 2.75) is 39.5 Å². The summed E-state index contributed by atoms with van der Waals surface area (Å²) < 4.78 is 0. The molecule has 2 rings (SSSR count). The highest BCUT2D eigenvalue weighted by Crippen LogP contribution is 2.65.